The van der Waals surface area contributed by atoms with E-state index in [-0.39, 0.29) is 16.1 Å². The minimum absolute atomic E-state index is 0.0935. The van der Waals surface area contributed by atoms with Gasteiger partial charge in [-0.3, -0.25) is 9.78 Å². The molecule has 0 saturated heterocycles. The highest BCUT2D eigenvalue weighted by molar-refractivity contribution is 6.30. The van der Waals surface area contributed by atoms with E-state index in [4.69, 9.17) is 11.6 Å². The average molecular weight is 216 g/mol. The van der Waals surface area contributed by atoms with Crippen molar-refractivity contribution in [1.82, 2.24) is 9.97 Å². The summed E-state index contributed by atoms with van der Waals surface area (Å²) in [5, 5.41) is 3.21. The van der Waals surface area contributed by atoms with Crippen LogP contribution in [0.2, 0.25) is 5.02 Å². The van der Waals surface area contributed by atoms with E-state index in [1.54, 1.807) is 0 Å². The molecule has 0 unspecified atom stereocenters. The third kappa shape index (κ3) is 2.73. The van der Waals surface area contributed by atoms with Crippen LogP contribution < -0.4 is 10.9 Å². The van der Waals surface area contributed by atoms with E-state index in [1.807, 2.05) is 13.8 Å². The summed E-state index contributed by atoms with van der Waals surface area (Å²) in [5.74, 6) is 0.450. The molecular weight excluding hydrogens is 202 g/mol. The zero-order chi connectivity index (χ0) is 10.8. The molecule has 0 atom stereocenters. The Morgan fingerprint density at radius 3 is 2.79 bits per heavy atom. The Hall–Kier alpha value is -1.03. The molecule has 0 bridgehead atoms. The number of hydrogen-bond acceptors (Lipinski definition) is 3. The predicted molar refractivity (Wildman–Crippen MR) is 57.9 cm³/mol. The molecule has 1 rings (SSSR count). The van der Waals surface area contributed by atoms with Crippen molar-refractivity contribution in [3.63, 3.8) is 0 Å². The van der Waals surface area contributed by atoms with Gasteiger partial charge in [-0.1, -0.05) is 18.5 Å². The summed E-state index contributed by atoms with van der Waals surface area (Å²) >= 11 is 5.55. The number of rotatable bonds is 3. The van der Waals surface area contributed by atoms with E-state index in [9.17, 15) is 4.79 Å². The van der Waals surface area contributed by atoms with Crippen molar-refractivity contribution in [2.24, 2.45) is 0 Å². The molecule has 1 aromatic heterocycles. The van der Waals surface area contributed by atoms with Gasteiger partial charge in [-0.2, -0.15) is 0 Å². The van der Waals surface area contributed by atoms with E-state index < -0.39 is 0 Å². The van der Waals surface area contributed by atoms with Gasteiger partial charge in [0.2, 0.25) is 5.95 Å². The first-order chi connectivity index (χ1) is 6.44. The number of halogens is 1. The molecule has 78 valence electrons. The normalized spacial score (nSPS) is 11.4. The minimum atomic E-state index is -0.323. The van der Waals surface area contributed by atoms with E-state index in [0.717, 1.165) is 6.42 Å². The van der Waals surface area contributed by atoms with Crippen molar-refractivity contribution in [2.75, 3.05) is 5.32 Å². The van der Waals surface area contributed by atoms with Crippen LogP contribution in [-0.2, 0) is 0 Å². The summed E-state index contributed by atoms with van der Waals surface area (Å²) in [6.45, 7) is 6.12. The van der Waals surface area contributed by atoms with E-state index >= 15 is 0 Å². The maximum Gasteiger partial charge on any atom is 0.271 e. The Kier molecular flexibility index (Phi) is 3.16. The van der Waals surface area contributed by atoms with E-state index in [2.05, 4.69) is 22.2 Å². The Labute approximate surface area is 87.7 Å². The second-order valence-corrected chi connectivity index (χ2v) is 4.18. The third-order valence-electron chi connectivity index (χ3n) is 2.10. The fourth-order valence-corrected chi connectivity index (χ4v) is 0.948. The lowest BCUT2D eigenvalue weighted by Crippen LogP contribution is -2.31. The second-order valence-electron chi connectivity index (χ2n) is 3.77. The molecule has 0 aromatic carbocycles. The molecule has 0 spiro atoms. The zero-order valence-electron chi connectivity index (χ0n) is 8.52. The van der Waals surface area contributed by atoms with Crippen LogP contribution in [0.4, 0.5) is 5.95 Å². The molecule has 1 aromatic rings. The first-order valence-corrected chi connectivity index (χ1v) is 4.85. The molecule has 0 aliphatic rings. The number of nitrogens with zero attached hydrogens (tertiary/aromatic N) is 1. The summed E-state index contributed by atoms with van der Waals surface area (Å²) in [7, 11) is 0. The minimum Gasteiger partial charge on any atom is -0.351 e. The van der Waals surface area contributed by atoms with Gasteiger partial charge in [0.15, 0.2) is 0 Å². The van der Waals surface area contributed by atoms with Crippen molar-refractivity contribution in [3.8, 4) is 0 Å². The number of aromatic amines is 1. The molecule has 0 saturated carbocycles. The standard InChI is InChI=1S/C9H14ClN3O/c1-4-9(2,3)13-8-11-5-6(10)7(14)12-8/h5H,4H2,1-3H3,(H2,11,12,13,14). The maximum absolute atomic E-state index is 11.1. The van der Waals surface area contributed by atoms with E-state index in [1.165, 1.54) is 6.20 Å². The summed E-state index contributed by atoms with van der Waals surface area (Å²) in [4.78, 5) is 17.7. The topological polar surface area (TPSA) is 57.8 Å². The van der Waals surface area contributed by atoms with Crippen molar-refractivity contribution in [1.29, 1.82) is 0 Å². The lowest BCUT2D eigenvalue weighted by Gasteiger charge is -2.24. The highest BCUT2D eigenvalue weighted by Gasteiger charge is 2.15. The van der Waals surface area contributed by atoms with Crippen LogP contribution in [0.3, 0.4) is 0 Å². The quantitative estimate of drug-likeness (QED) is 0.811. The fraction of sp³-hybridized carbons (Fsp3) is 0.556. The van der Waals surface area contributed by atoms with Crippen LogP contribution >= 0.6 is 11.6 Å². The van der Waals surface area contributed by atoms with Crippen molar-refractivity contribution in [2.45, 2.75) is 32.7 Å². The maximum atomic E-state index is 11.1. The van der Waals surface area contributed by atoms with Crippen LogP contribution in [0.25, 0.3) is 0 Å². The summed E-state index contributed by atoms with van der Waals surface area (Å²) in [5.41, 5.74) is -0.417. The number of nitrogens with one attached hydrogen (secondary N) is 2. The Morgan fingerprint density at radius 2 is 2.29 bits per heavy atom. The van der Waals surface area contributed by atoms with Gasteiger partial charge >= 0.3 is 0 Å². The summed E-state index contributed by atoms with van der Waals surface area (Å²) in [6, 6.07) is 0. The SMILES string of the molecule is CCC(C)(C)Nc1ncc(Cl)c(=O)[nH]1. The fourth-order valence-electron chi connectivity index (χ4n) is 0.852. The molecule has 14 heavy (non-hydrogen) atoms. The van der Waals surface area contributed by atoms with Crippen LogP contribution in [-0.4, -0.2) is 15.5 Å². The van der Waals surface area contributed by atoms with Gasteiger partial charge in [0.05, 0.1) is 6.20 Å². The molecule has 4 nitrogen and oxygen atoms in total. The lowest BCUT2D eigenvalue weighted by atomic mass is 10.0. The van der Waals surface area contributed by atoms with Crippen LogP contribution in [0.1, 0.15) is 27.2 Å². The number of aromatic nitrogens is 2. The summed E-state index contributed by atoms with van der Waals surface area (Å²) < 4.78 is 0. The molecule has 2 N–H and O–H groups in total. The lowest BCUT2D eigenvalue weighted by molar-refractivity contribution is 0.541. The van der Waals surface area contributed by atoms with Crippen LogP contribution in [0.5, 0.6) is 0 Å². The van der Waals surface area contributed by atoms with Gasteiger partial charge in [-0.25, -0.2) is 4.98 Å². The molecule has 0 aliphatic carbocycles. The van der Waals surface area contributed by atoms with Gasteiger partial charge in [0.1, 0.15) is 5.02 Å². The highest BCUT2D eigenvalue weighted by atomic mass is 35.5. The molecular formula is C9H14ClN3O. The van der Waals surface area contributed by atoms with Gasteiger partial charge < -0.3 is 5.32 Å². The second kappa shape index (κ2) is 4.00. The highest BCUT2D eigenvalue weighted by Crippen LogP contribution is 2.13. The molecule has 5 heteroatoms. The Balaban J connectivity index is 2.89. The van der Waals surface area contributed by atoms with Crippen LogP contribution in [0.15, 0.2) is 11.0 Å². The monoisotopic (exact) mass is 215 g/mol. The van der Waals surface area contributed by atoms with Gasteiger partial charge in [-0.15, -0.1) is 0 Å². The number of anilines is 1. The Morgan fingerprint density at radius 1 is 1.64 bits per heavy atom. The first kappa shape index (κ1) is 11.0. The Bertz CT molecular complexity index is 373. The molecule has 0 amide bonds. The molecule has 1 heterocycles. The number of hydrogen-bond donors (Lipinski definition) is 2. The third-order valence-corrected chi connectivity index (χ3v) is 2.37. The van der Waals surface area contributed by atoms with Crippen molar-refractivity contribution >= 4 is 17.5 Å². The molecule has 0 aliphatic heterocycles. The van der Waals surface area contributed by atoms with Crippen molar-refractivity contribution in [3.05, 3.63) is 21.6 Å². The van der Waals surface area contributed by atoms with Gasteiger partial charge in [0, 0.05) is 5.54 Å². The van der Waals surface area contributed by atoms with Gasteiger partial charge in [0.25, 0.3) is 5.56 Å². The van der Waals surface area contributed by atoms with Gasteiger partial charge in [-0.05, 0) is 20.3 Å². The van der Waals surface area contributed by atoms with Crippen molar-refractivity contribution < 1.29 is 0 Å². The summed E-state index contributed by atoms with van der Waals surface area (Å²) in [6.07, 6.45) is 2.27. The molecule has 0 fully saturated rings. The zero-order valence-corrected chi connectivity index (χ0v) is 9.27. The molecule has 0 radical (unpaired) electrons. The largest absolute Gasteiger partial charge is 0.351 e. The average Bonchev–Trinajstić information content (AvgIpc) is 2.11. The predicted octanol–water partition coefficient (Wildman–Crippen LogP) is 2.02. The van der Waals surface area contributed by atoms with E-state index in [0.29, 0.717) is 5.95 Å². The smallest absolute Gasteiger partial charge is 0.271 e. The van der Waals surface area contributed by atoms with Crippen LogP contribution in [0, 0.1) is 0 Å². The first-order valence-electron chi connectivity index (χ1n) is 4.47. The number of H-pyrrole nitrogens is 1.